The summed E-state index contributed by atoms with van der Waals surface area (Å²) in [5.41, 5.74) is 0. The van der Waals surface area contributed by atoms with E-state index in [1.807, 2.05) is 11.8 Å². The first-order valence-corrected chi connectivity index (χ1v) is 6.53. The number of halogens is 2. The van der Waals surface area contributed by atoms with Crippen LogP contribution in [0.1, 0.15) is 32.1 Å². The third kappa shape index (κ3) is 2.83. The Morgan fingerprint density at radius 1 is 1.07 bits per heavy atom. The van der Waals surface area contributed by atoms with E-state index in [-0.39, 0.29) is 12.8 Å². The Morgan fingerprint density at radius 3 is 2.36 bits per heavy atom. The van der Waals surface area contributed by atoms with Gasteiger partial charge in [0, 0.05) is 30.7 Å². The summed E-state index contributed by atoms with van der Waals surface area (Å²) < 4.78 is 25.7. The molecule has 1 aliphatic heterocycles. The fourth-order valence-electron chi connectivity index (χ4n) is 2.21. The van der Waals surface area contributed by atoms with Crippen molar-refractivity contribution in [2.45, 2.75) is 50.1 Å². The Kier molecular flexibility index (Phi) is 3.32. The lowest BCUT2D eigenvalue weighted by Gasteiger charge is -2.30. The van der Waals surface area contributed by atoms with Crippen LogP contribution in [-0.2, 0) is 0 Å². The Bertz CT molecular complexity index is 183. The first-order valence-electron chi connectivity index (χ1n) is 5.37. The Labute approximate surface area is 88.0 Å². The van der Waals surface area contributed by atoms with Gasteiger partial charge in [0.15, 0.2) is 0 Å². The van der Waals surface area contributed by atoms with Gasteiger partial charge in [-0.05, 0) is 25.0 Å². The molecule has 82 valence electrons. The molecule has 1 N–H and O–H groups in total. The molecule has 1 unspecified atom stereocenters. The Hall–Kier alpha value is 0.170. The Balaban J connectivity index is 1.72. The second-order valence-corrected chi connectivity index (χ2v) is 5.51. The number of nitrogens with one attached hydrogen (secondary N) is 1. The second kappa shape index (κ2) is 4.35. The van der Waals surface area contributed by atoms with Gasteiger partial charge in [0.25, 0.3) is 0 Å². The zero-order valence-corrected chi connectivity index (χ0v) is 9.09. The summed E-state index contributed by atoms with van der Waals surface area (Å²) >= 11 is 1.96. The third-order valence-electron chi connectivity index (χ3n) is 3.12. The maximum atomic E-state index is 12.9. The Morgan fingerprint density at radius 2 is 1.79 bits per heavy atom. The van der Waals surface area contributed by atoms with Gasteiger partial charge in [0.05, 0.1) is 0 Å². The minimum Gasteiger partial charge on any atom is -0.310 e. The van der Waals surface area contributed by atoms with Crippen molar-refractivity contribution in [1.29, 1.82) is 0 Å². The van der Waals surface area contributed by atoms with Crippen molar-refractivity contribution in [1.82, 2.24) is 5.32 Å². The summed E-state index contributed by atoms with van der Waals surface area (Å²) in [6.45, 7) is 0. The van der Waals surface area contributed by atoms with Crippen molar-refractivity contribution in [3.05, 3.63) is 0 Å². The van der Waals surface area contributed by atoms with E-state index in [2.05, 4.69) is 5.32 Å². The van der Waals surface area contributed by atoms with Gasteiger partial charge in [0.2, 0.25) is 5.92 Å². The highest BCUT2D eigenvalue weighted by Gasteiger charge is 2.35. The average Bonchev–Trinajstić information content (AvgIpc) is 2.61. The molecule has 1 saturated carbocycles. The lowest BCUT2D eigenvalue weighted by atomic mass is 9.92. The molecule has 1 nitrogen and oxygen atoms in total. The lowest BCUT2D eigenvalue weighted by Crippen LogP contribution is -2.42. The van der Waals surface area contributed by atoms with Gasteiger partial charge < -0.3 is 5.32 Å². The molecular formula is C10H17F2NS. The molecular weight excluding hydrogens is 204 g/mol. The fourth-order valence-corrected chi connectivity index (χ4v) is 3.37. The zero-order chi connectivity index (χ0) is 10.0. The van der Waals surface area contributed by atoms with Gasteiger partial charge in [-0.2, -0.15) is 11.8 Å². The van der Waals surface area contributed by atoms with Crippen molar-refractivity contribution in [2.75, 3.05) is 11.5 Å². The molecule has 0 radical (unpaired) electrons. The van der Waals surface area contributed by atoms with Gasteiger partial charge in [-0.3, -0.25) is 0 Å². The molecule has 14 heavy (non-hydrogen) atoms. The van der Waals surface area contributed by atoms with Gasteiger partial charge in [0.1, 0.15) is 0 Å². The van der Waals surface area contributed by atoms with E-state index in [0.717, 1.165) is 5.75 Å². The van der Waals surface area contributed by atoms with Crippen LogP contribution in [0.5, 0.6) is 0 Å². The molecule has 2 aliphatic rings. The molecule has 2 fully saturated rings. The van der Waals surface area contributed by atoms with Crippen molar-refractivity contribution in [3.8, 4) is 0 Å². The number of thioether (sulfide) groups is 1. The average molecular weight is 221 g/mol. The molecule has 1 atom stereocenters. The van der Waals surface area contributed by atoms with Crippen LogP contribution in [0.2, 0.25) is 0 Å². The summed E-state index contributed by atoms with van der Waals surface area (Å²) in [5, 5.41) is 3.50. The smallest absolute Gasteiger partial charge is 0.248 e. The van der Waals surface area contributed by atoms with Crippen LogP contribution in [0.15, 0.2) is 0 Å². The highest BCUT2D eigenvalue weighted by molar-refractivity contribution is 7.99. The molecule has 0 bridgehead atoms. The van der Waals surface area contributed by atoms with Gasteiger partial charge in [-0.1, -0.05) is 0 Å². The van der Waals surface area contributed by atoms with Crippen molar-refractivity contribution in [2.24, 2.45) is 0 Å². The van der Waals surface area contributed by atoms with E-state index in [9.17, 15) is 8.78 Å². The molecule has 0 aromatic heterocycles. The van der Waals surface area contributed by atoms with Crippen molar-refractivity contribution in [3.63, 3.8) is 0 Å². The second-order valence-electron chi connectivity index (χ2n) is 4.36. The van der Waals surface area contributed by atoms with E-state index in [0.29, 0.717) is 24.9 Å². The van der Waals surface area contributed by atoms with E-state index in [1.165, 1.54) is 12.2 Å². The van der Waals surface area contributed by atoms with E-state index in [4.69, 9.17) is 0 Å². The van der Waals surface area contributed by atoms with Crippen LogP contribution < -0.4 is 5.32 Å². The highest BCUT2D eigenvalue weighted by Crippen LogP contribution is 2.33. The van der Waals surface area contributed by atoms with Crippen molar-refractivity contribution < 1.29 is 8.78 Å². The summed E-state index contributed by atoms with van der Waals surface area (Å²) in [7, 11) is 0. The molecule has 1 heterocycles. The summed E-state index contributed by atoms with van der Waals surface area (Å²) in [5.74, 6) is -0.00392. The van der Waals surface area contributed by atoms with Gasteiger partial charge in [-0.15, -0.1) is 0 Å². The molecule has 1 aliphatic carbocycles. The largest absolute Gasteiger partial charge is 0.310 e. The number of rotatable bonds is 2. The minimum absolute atomic E-state index is 0.0739. The minimum atomic E-state index is -2.39. The summed E-state index contributed by atoms with van der Waals surface area (Å²) in [6.07, 6.45) is 2.65. The molecule has 4 heteroatoms. The van der Waals surface area contributed by atoms with Crippen LogP contribution in [-0.4, -0.2) is 29.5 Å². The van der Waals surface area contributed by atoms with Gasteiger partial charge >= 0.3 is 0 Å². The zero-order valence-electron chi connectivity index (χ0n) is 8.27. The van der Waals surface area contributed by atoms with Crippen LogP contribution in [0.3, 0.4) is 0 Å². The maximum Gasteiger partial charge on any atom is 0.248 e. The van der Waals surface area contributed by atoms with E-state index >= 15 is 0 Å². The van der Waals surface area contributed by atoms with Gasteiger partial charge in [-0.25, -0.2) is 8.78 Å². The fraction of sp³-hybridized carbons (Fsp3) is 1.00. The molecule has 1 saturated heterocycles. The maximum absolute atomic E-state index is 12.9. The summed E-state index contributed by atoms with van der Waals surface area (Å²) in [4.78, 5) is 0. The first kappa shape index (κ1) is 10.7. The first-order chi connectivity index (χ1) is 6.66. The predicted molar refractivity (Wildman–Crippen MR) is 56.1 cm³/mol. The standard InChI is InChI=1S/C10H17F2NS/c11-10(12)4-1-8(2-5-10)13-9-3-6-14-7-9/h8-9,13H,1-7H2. The SMILES string of the molecule is FC1(F)CCC(NC2CCSC2)CC1. The van der Waals surface area contributed by atoms with Crippen LogP contribution >= 0.6 is 11.8 Å². The predicted octanol–water partition coefficient (Wildman–Crippen LogP) is 2.66. The number of alkyl halides is 2. The van der Waals surface area contributed by atoms with Crippen LogP contribution in [0, 0.1) is 0 Å². The quantitative estimate of drug-likeness (QED) is 0.769. The number of hydrogen-bond acceptors (Lipinski definition) is 2. The molecule has 0 aromatic rings. The molecule has 0 amide bonds. The normalized spacial score (nSPS) is 33.4. The molecule has 0 spiro atoms. The topological polar surface area (TPSA) is 12.0 Å². The van der Waals surface area contributed by atoms with E-state index < -0.39 is 5.92 Å². The van der Waals surface area contributed by atoms with Crippen LogP contribution in [0.25, 0.3) is 0 Å². The van der Waals surface area contributed by atoms with Crippen molar-refractivity contribution >= 4 is 11.8 Å². The summed E-state index contributed by atoms with van der Waals surface area (Å²) in [6, 6.07) is 0.926. The molecule has 2 rings (SSSR count). The number of hydrogen-bond donors (Lipinski definition) is 1. The lowest BCUT2D eigenvalue weighted by molar-refractivity contribution is -0.0410. The monoisotopic (exact) mass is 221 g/mol. The highest BCUT2D eigenvalue weighted by atomic mass is 32.2. The van der Waals surface area contributed by atoms with Crippen LogP contribution in [0.4, 0.5) is 8.78 Å². The molecule has 0 aromatic carbocycles. The third-order valence-corrected chi connectivity index (χ3v) is 4.28. The van der Waals surface area contributed by atoms with E-state index in [1.54, 1.807) is 0 Å².